The fraction of sp³-hybridized carbons (Fsp3) is 0.909. The highest BCUT2D eigenvalue weighted by molar-refractivity contribution is 14.0. The van der Waals surface area contributed by atoms with Crippen LogP contribution >= 0.6 is 24.0 Å². The van der Waals surface area contributed by atoms with Crippen LogP contribution in [0.25, 0.3) is 0 Å². The molecule has 1 rings (SSSR count). The molecule has 0 spiro atoms. The minimum atomic E-state index is 0. The summed E-state index contributed by atoms with van der Waals surface area (Å²) in [7, 11) is 5.88. The number of rotatable bonds is 3. The molecule has 0 aromatic rings. The maximum atomic E-state index is 5.19. The van der Waals surface area contributed by atoms with Crippen LogP contribution < -0.4 is 0 Å². The van der Waals surface area contributed by atoms with Gasteiger partial charge in [-0.3, -0.25) is 4.99 Å². The van der Waals surface area contributed by atoms with Crippen LogP contribution in [-0.2, 0) is 4.74 Å². The summed E-state index contributed by atoms with van der Waals surface area (Å²) in [5.41, 5.74) is 0. The molecule has 1 heterocycles. The third-order valence-electron chi connectivity index (χ3n) is 2.67. The van der Waals surface area contributed by atoms with Crippen LogP contribution in [0, 0.1) is 5.92 Å². The van der Waals surface area contributed by atoms with E-state index in [2.05, 4.69) is 35.8 Å². The predicted octanol–water partition coefficient (Wildman–Crippen LogP) is 1.51. The average molecular weight is 341 g/mol. The Bertz CT molecular complexity index is 221. The van der Waals surface area contributed by atoms with Gasteiger partial charge in [-0.2, -0.15) is 0 Å². The molecule has 96 valence electrons. The van der Waals surface area contributed by atoms with Crippen molar-refractivity contribution in [2.24, 2.45) is 10.9 Å². The molecule has 0 aliphatic carbocycles. The lowest BCUT2D eigenvalue weighted by atomic mass is 10.1. The van der Waals surface area contributed by atoms with Gasteiger partial charge in [-0.05, 0) is 13.3 Å². The molecule has 0 amide bonds. The summed E-state index contributed by atoms with van der Waals surface area (Å²) in [5.74, 6) is 1.77. The Morgan fingerprint density at radius 3 is 2.69 bits per heavy atom. The summed E-state index contributed by atoms with van der Waals surface area (Å²) in [6.45, 7) is 5.96. The van der Waals surface area contributed by atoms with Gasteiger partial charge in [-0.15, -0.1) is 24.0 Å². The average Bonchev–Trinajstić information content (AvgIpc) is 2.62. The van der Waals surface area contributed by atoms with Gasteiger partial charge >= 0.3 is 0 Å². The van der Waals surface area contributed by atoms with Crippen LogP contribution in [0.3, 0.4) is 0 Å². The lowest BCUT2D eigenvalue weighted by molar-refractivity contribution is 0.157. The van der Waals surface area contributed by atoms with E-state index in [1.54, 1.807) is 7.11 Å². The second kappa shape index (κ2) is 8.11. The first-order valence-electron chi connectivity index (χ1n) is 5.64. The van der Waals surface area contributed by atoms with E-state index in [4.69, 9.17) is 4.74 Å². The van der Waals surface area contributed by atoms with Crippen molar-refractivity contribution in [2.45, 2.75) is 13.3 Å². The molecular weight excluding hydrogens is 317 g/mol. The molecule has 1 aliphatic rings. The molecule has 1 aliphatic heterocycles. The van der Waals surface area contributed by atoms with E-state index >= 15 is 0 Å². The number of hydrogen-bond acceptors (Lipinski definition) is 2. The molecule has 0 saturated carbocycles. The Balaban J connectivity index is 0.00000225. The summed E-state index contributed by atoms with van der Waals surface area (Å²) in [6, 6.07) is 0. The van der Waals surface area contributed by atoms with Crippen LogP contribution in [0.4, 0.5) is 0 Å². The third-order valence-corrected chi connectivity index (χ3v) is 2.67. The molecule has 1 saturated heterocycles. The number of nitrogens with zero attached hydrogens (tertiary/aromatic N) is 3. The first-order valence-corrected chi connectivity index (χ1v) is 5.64. The molecule has 0 aromatic heterocycles. The molecule has 1 atom stereocenters. The van der Waals surface area contributed by atoms with Gasteiger partial charge in [-0.1, -0.05) is 0 Å². The van der Waals surface area contributed by atoms with E-state index in [0.717, 1.165) is 32.2 Å². The number of hydrogen-bond donors (Lipinski definition) is 0. The van der Waals surface area contributed by atoms with Crippen LogP contribution in [-0.4, -0.2) is 63.2 Å². The summed E-state index contributed by atoms with van der Waals surface area (Å²) in [4.78, 5) is 8.98. The topological polar surface area (TPSA) is 28.1 Å². The number of ether oxygens (including phenoxy) is 1. The van der Waals surface area contributed by atoms with Gasteiger partial charge in [0, 0.05) is 46.8 Å². The Hall–Kier alpha value is -0.0400. The molecule has 1 fully saturated rings. The first kappa shape index (κ1) is 16.0. The van der Waals surface area contributed by atoms with Gasteiger partial charge in [-0.25, -0.2) is 0 Å². The predicted molar refractivity (Wildman–Crippen MR) is 78.6 cm³/mol. The first-order chi connectivity index (χ1) is 7.19. The molecule has 0 radical (unpaired) electrons. The van der Waals surface area contributed by atoms with Crippen LogP contribution in [0.15, 0.2) is 4.99 Å². The van der Waals surface area contributed by atoms with Crippen LogP contribution in [0.2, 0.25) is 0 Å². The van der Waals surface area contributed by atoms with Gasteiger partial charge in [0.2, 0.25) is 0 Å². The van der Waals surface area contributed by atoms with E-state index in [9.17, 15) is 0 Å². The molecule has 5 heteroatoms. The van der Waals surface area contributed by atoms with Gasteiger partial charge < -0.3 is 14.5 Å². The Morgan fingerprint density at radius 2 is 2.19 bits per heavy atom. The van der Waals surface area contributed by atoms with E-state index in [1.165, 1.54) is 6.42 Å². The highest BCUT2D eigenvalue weighted by Crippen LogP contribution is 2.17. The summed E-state index contributed by atoms with van der Waals surface area (Å²) < 4.78 is 5.19. The third kappa shape index (κ3) is 4.45. The maximum Gasteiger partial charge on any atom is 0.196 e. The van der Waals surface area contributed by atoms with Crippen LogP contribution in [0.5, 0.6) is 0 Å². The lowest BCUT2D eigenvalue weighted by Crippen LogP contribution is -2.39. The zero-order chi connectivity index (χ0) is 11.3. The van der Waals surface area contributed by atoms with Crippen molar-refractivity contribution in [3.8, 4) is 0 Å². The minimum Gasteiger partial charge on any atom is -0.384 e. The van der Waals surface area contributed by atoms with E-state index in [-0.39, 0.29) is 24.0 Å². The molecule has 16 heavy (non-hydrogen) atoms. The number of likely N-dealkylation sites (tertiary alicyclic amines) is 1. The molecule has 4 nitrogen and oxygen atoms in total. The summed E-state index contributed by atoms with van der Waals surface area (Å²) in [5, 5.41) is 0. The van der Waals surface area contributed by atoms with Gasteiger partial charge in [0.15, 0.2) is 5.96 Å². The number of methoxy groups -OCH3 is 1. The molecule has 0 aromatic carbocycles. The van der Waals surface area contributed by atoms with Crippen molar-refractivity contribution in [3.63, 3.8) is 0 Å². The van der Waals surface area contributed by atoms with Crippen molar-refractivity contribution in [2.75, 3.05) is 47.4 Å². The van der Waals surface area contributed by atoms with Gasteiger partial charge in [0.1, 0.15) is 0 Å². The number of guanidine groups is 1. The maximum absolute atomic E-state index is 5.19. The summed E-state index contributed by atoms with van der Waals surface area (Å²) >= 11 is 0. The zero-order valence-electron chi connectivity index (χ0n) is 10.8. The Morgan fingerprint density at radius 1 is 1.50 bits per heavy atom. The lowest BCUT2D eigenvalue weighted by Gasteiger charge is -2.26. The highest BCUT2D eigenvalue weighted by atomic mass is 127. The Kier molecular flexibility index (Phi) is 8.09. The van der Waals surface area contributed by atoms with Crippen LogP contribution in [0.1, 0.15) is 13.3 Å². The van der Waals surface area contributed by atoms with Gasteiger partial charge in [0.25, 0.3) is 0 Å². The van der Waals surface area contributed by atoms with Crippen molar-refractivity contribution >= 4 is 29.9 Å². The normalized spacial score (nSPS) is 20.9. The second-order valence-corrected chi connectivity index (χ2v) is 4.22. The largest absolute Gasteiger partial charge is 0.384 e. The van der Waals surface area contributed by atoms with E-state index in [0.29, 0.717) is 5.92 Å². The number of halogens is 1. The zero-order valence-corrected chi connectivity index (χ0v) is 13.1. The molecule has 0 N–H and O–H groups in total. The van der Waals surface area contributed by atoms with Crippen molar-refractivity contribution in [3.05, 3.63) is 0 Å². The fourth-order valence-electron chi connectivity index (χ4n) is 2.05. The minimum absolute atomic E-state index is 0. The monoisotopic (exact) mass is 341 g/mol. The molecule has 1 unspecified atom stereocenters. The Labute approximate surface area is 116 Å². The van der Waals surface area contributed by atoms with Crippen molar-refractivity contribution in [1.29, 1.82) is 0 Å². The smallest absolute Gasteiger partial charge is 0.196 e. The van der Waals surface area contributed by atoms with Crippen molar-refractivity contribution in [1.82, 2.24) is 9.80 Å². The SMILES string of the molecule is CCN=C(N(C)C)N1CCC(COC)C1.I. The highest BCUT2D eigenvalue weighted by Gasteiger charge is 2.25. The number of aliphatic imine (C=N–C) groups is 1. The van der Waals surface area contributed by atoms with E-state index in [1.807, 2.05) is 0 Å². The van der Waals surface area contributed by atoms with Gasteiger partial charge in [0.05, 0.1) is 6.61 Å². The fourth-order valence-corrected chi connectivity index (χ4v) is 2.05. The van der Waals surface area contributed by atoms with E-state index < -0.39 is 0 Å². The quantitative estimate of drug-likeness (QED) is 0.443. The molecular formula is C11H24IN3O. The summed E-state index contributed by atoms with van der Waals surface area (Å²) in [6.07, 6.45) is 1.21. The standard InChI is InChI=1S/C11H23N3O.HI/c1-5-12-11(13(2)3)14-7-6-10(8-14)9-15-4;/h10H,5-9H2,1-4H3;1H. The second-order valence-electron chi connectivity index (χ2n) is 4.22. The van der Waals surface area contributed by atoms with Crippen molar-refractivity contribution < 1.29 is 4.74 Å². The molecule has 0 bridgehead atoms.